The number of Topliss-reactive ketones (excluding diaryl/α,β-unsaturated/α-hetero) is 1. The molecule has 3 nitrogen and oxygen atoms in total. The molecular formula is C21H34O3. The van der Waals surface area contributed by atoms with Crippen molar-refractivity contribution < 1.29 is 14.3 Å². The number of fused-ring (bicyclic) bond motifs is 2. The van der Waals surface area contributed by atoms with Crippen LogP contribution in [0.5, 0.6) is 0 Å². The van der Waals surface area contributed by atoms with Crippen molar-refractivity contribution in [2.45, 2.75) is 74.1 Å². The fourth-order valence-electron chi connectivity index (χ4n) is 5.75. The molecule has 5 atom stereocenters. The zero-order valence-electron chi connectivity index (χ0n) is 16.5. The summed E-state index contributed by atoms with van der Waals surface area (Å²) >= 11 is 0. The van der Waals surface area contributed by atoms with Gasteiger partial charge in [-0.2, -0.15) is 0 Å². The molecule has 0 heterocycles. The van der Waals surface area contributed by atoms with Crippen LogP contribution in [0.3, 0.4) is 0 Å². The normalized spacial score (nSPS) is 45.6. The average molecular weight is 335 g/mol. The fraction of sp³-hybridized carbons (Fsp3) is 0.905. The predicted molar refractivity (Wildman–Crippen MR) is 94.4 cm³/mol. The summed E-state index contributed by atoms with van der Waals surface area (Å²) in [6.45, 7) is 15.9. The molecule has 136 valence electrons. The van der Waals surface area contributed by atoms with Crippen LogP contribution >= 0.6 is 0 Å². The molecule has 3 aliphatic carbocycles. The van der Waals surface area contributed by atoms with Crippen LogP contribution in [-0.4, -0.2) is 18.4 Å². The molecule has 0 radical (unpaired) electrons. The van der Waals surface area contributed by atoms with Gasteiger partial charge in [-0.05, 0) is 48.3 Å². The summed E-state index contributed by atoms with van der Waals surface area (Å²) in [5.41, 5.74) is -0.301. The second-order valence-corrected chi connectivity index (χ2v) is 10.4. The second-order valence-electron chi connectivity index (χ2n) is 10.4. The lowest BCUT2D eigenvalue weighted by atomic mass is 9.66. The van der Waals surface area contributed by atoms with Gasteiger partial charge in [-0.3, -0.25) is 9.59 Å². The van der Waals surface area contributed by atoms with Crippen LogP contribution in [-0.2, 0) is 14.3 Å². The van der Waals surface area contributed by atoms with Gasteiger partial charge >= 0.3 is 5.97 Å². The number of ether oxygens (including phenoxy) is 1. The Hall–Kier alpha value is -0.860. The summed E-state index contributed by atoms with van der Waals surface area (Å²) in [5, 5.41) is 0. The molecule has 3 heteroatoms. The minimum atomic E-state index is -0.538. The largest absolute Gasteiger partial charge is 0.465 e. The first-order chi connectivity index (χ1) is 10.9. The van der Waals surface area contributed by atoms with Crippen molar-refractivity contribution in [1.29, 1.82) is 0 Å². The van der Waals surface area contributed by atoms with E-state index in [0.717, 1.165) is 19.3 Å². The molecule has 3 saturated carbocycles. The Bertz CT molecular complexity index is 576. The third-order valence-corrected chi connectivity index (χ3v) is 9.24. The second kappa shape index (κ2) is 5.08. The van der Waals surface area contributed by atoms with Crippen LogP contribution in [0.4, 0.5) is 0 Å². The van der Waals surface area contributed by atoms with E-state index in [1.54, 1.807) is 0 Å². The molecule has 0 aromatic carbocycles. The molecule has 2 bridgehead atoms. The van der Waals surface area contributed by atoms with Gasteiger partial charge in [0.15, 0.2) is 5.78 Å². The SMILES string of the molecule is C[C@@H]1CC[C@@](C)(COC(=O)[C@H]2C(=O)[C@]3(C)CC[C@@H]2C3(C)C)C1(C)C. The van der Waals surface area contributed by atoms with Crippen molar-refractivity contribution in [2.75, 3.05) is 6.61 Å². The standard InChI is InChI=1S/C21H34O3/c1-13-8-10-20(6,18(13,2)3)12-24-17(23)15-14-9-11-21(7,16(15)22)19(14,4)5/h13-15H,8-12H2,1-7H3/t13-,14+,15-,20+,21+/m1/s1. The Morgan fingerprint density at radius 2 is 1.67 bits per heavy atom. The number of esters is 1. The Labute approximate surface area is 146 Å². The molecule has 0 aromatic heterocycles. The Kier molecular flexibility index (Phi) is 3.80. The zero-order chi connectivity index (χ0) is 18.1. The quantitative estimate of drug-likeness (QED) is 0.558. The molecule has 0 spiro atoms. The predicted octanol–water partition coefficient (Wildman–Crippen LogP) is 4.63. The van der Waals surface area contributed by atoms with E-state index in [1.165, 1.54) is 6.42 Å². The van der Waals surface area contributed by atoms with Crippen LogP contribution in [0.25, 0.3) is 0 Å². The highest BCUT2D eigenvalue weighted by Crippen LogP contribution is 2.66. The van der Waals surface area contributed by atoms with Crippen molar-refractivity contribution in [3.8, 4) is 0 Å². The van der Waals surface area contributed by atoms with E-state index in [1.807, 2.05) is 6.92 Å². The molecule has 3 aliphatic rings. The van der Waals surface area contributed by atoms with Gasteiger partial charge in [0.2, 0.25) is 0 Å². The van der Waals surface area contributed by atoms with Gasteiger partial charge in [-0.25, -0.2) is 0 Å². The van der Waals surface area contributed by atoms with Gasteiger partial charge in [0, 0.05) is 10.8 Å². The number of carbonyl (C=O) groups excluding carboxylic acids is 2. The number of carbonyl (C=O) groups is 2. The van der Waals surface area contributed by atoms with E-state index in [0.29, 0.717) is 12.5 Å². The number of hydrogen-bond acceptors (Lipinski definition) is 3. The summed E-state index contributed by atoms with van der Waals surface area (Å²) in [6.07, 6.45) is 4.14. The summed E-state index contributed by atoms with van der Waals surface area (Å²) < 4.78 is 5.80. The Morgan fingerprint density at radius 3 is 2.12 bits per heavy atom. The highest BCUT2D eigenvalue weighted by atomic mass is 16.5. The molecule has 3 fully saturated rings. The van der Waals surface area contributed by atoms with Gasteiger partial charge < -0.3 is 4.74 Å². The molecule has 24 heavy (non-hydrogen) atoms. The maximum Gasteiger partial charge on any atom is 0.316 e. The summed E-state index contributed by atoms with van der Waals surface area (Å²) in [4.78, 5) is 25.7. The van der Waals surface area contributed by atoms with Crippen molar-refractivity contribution in [3.05, 3.63) is 0 Å². The van der Waals surface area contributed by atoms with Crippen LogP contribution < -0.4 is 0 Å². The third-order valence-electron chi connectivity index (χ3n) is 9.24. The third kappa shape index (κ3) is 2.02. The van der Waals surface area contributed by atoms with Crippen LogP contribution in [0.15, 0.2) is 0 Å². The maximum atomic E-state index is 12.9. The number of ketones is 1. The van der Waals surface area contributed by atoms with Gasteiger partial charge in [-0.15, -0.1) is 0 Å². The molecular weight excluding hydrogens is 300 g/mol. The molecule has 0 unspecified atom stereocenters. The van der Waals surface area contributed by atoms with Gasteiger partial charge in [0.05, 0.1) is 6.61 Å². The van der Waals surface area contributed by atoms with E-state index < -0.39 is 5.92 Å². The molecule has 0 amide bonds. The molecule has 0 saturated heterocycles. The van der Waals surface area contributed by atoms with Gasteiger partial charge in [0.25, 0.3) is 0 Å². The van der Waals surface area contributed by atoms with Gasteiger partial charge in [-0.1, -0.05) is 48.5 Å². The van der Waals surface area contributed by atoms with E-state index in [2.05, 4.69) is 41.5 Å². The van der Waals surface area contributed by atoms with Gasteiger partial charge in [0.1, 0.15) is 5.92 Å². The van der Waals surface area contributed by atoms with E-state index in [4.69, 9.17) is 4.74 Å². The minimum absolute atomic E-state index is 0.00215. The molecule has 0 aliphatic heterocycles. The molecule has 0 N–H and O–H groups in total. The van der Waals surface area contributed by atoms with Crippen LogP contribution in [0, 0.1) is 39.4 Å². The average Bonchev–Trinajstić information content (AvgIpc) is 2.91. The van der Waals surface area contributed by atoms with E-state index in [9.17, 15) is 9.59 Å². The zero-order valence-corrected chi connectivity index (χ0v) is 16.5. The summed E-state index contributed by atoms with van der Waals surface area (Å²) in [6, 6.07) is 0. The van der Waals surface area contributed by atoms with Crippen LogP contribution in [0.2, 0.25) is 0 Å². The van der Waals surface area contributed by atoms with Crippen molar-refractivity contribution in [1.82, 2.24) is 0 Å². The van der Waals surface area contributed by atoms with Crippen LogP contribution in [0.1, 0.15) is 74.1 Å². The first-order valence-electron chi connectivity index (χ1n) is 9.59. The monoisotopic (exact) mass is 334 g/mol. The number of rotatable bonds is 3. The lowest BCUT2D eigenvalue weighted by Crippen LogP contribution is -2.40. The smallest absolute Gasteiger partial charge is 0.316 e. The van der Waals surface area contributed by atoms with E-state index >= 15 is 0 Å². The first kappa shape index (κ1) is 17.9. The highest BCUT2D eigenvalue weighted by molar-refractivity contribution is 6.05. The van der Waals surface area contributed by atoms with Crippen molar-refractivity contribution in [3.63, 3.8) is 0 Å². The fourth-order valence-corrected chi connectivity index (χ4v) is 5.75. The van der Waals surface area contributed by atoms with Crippen molar-refractivity contribution >= 4 is 11.8 Å². The lowest BCUT2D eigenvalue weighted by molar-refractivity contribution is -0.159. The molecule has 3 rings (SSSR count). The Morgan fingerprint density at radius 1 is 1.04 bits per heavy atom. The number of hydrogen-bond donors (Lipinski definition) is 0. The lowest BCUT2D eigenvalue weighted by Gasteiger charge is -2.40. The topological polar surface area (TPSA) is 43.4 Å². The van der Waals surface area contributed by atoms with E-state index in [-0.39, 0.29) is 39.3 Å². The maximum absolute atomic E-state index is 12.9. The first-order valence-corrected chi connectivity index (χ1v) is 9.59. The summed E-state index contributed by atoms with van der Waals surface area (Å²) in [7, 11) is 0. The van der Waals surface area contributed by atoms with Crippen molar-refractivity contribution in [2.24, 2.45) is 39.4 Å². The highest BCUT2D eigenvalue weighted by Gasteiger charge is 2.68. The molecule has 0 aromatic rings. The summed E-state index contributed by atoms with van der Waals surface area (Å²) in [5.74, 6) is 0.0920. The Balaban J connectivity index is 1.72. The minimum Gasteiger partial charge on any atom is -0.465 e.